The lowest BCUT2D eigenvalue weighted by molar-refractivity contribution is -0.117. The van der Waals surface area contributed by atoms with Crippen LogP contribution in [0.25, 0.3) is 11.3 Å². The van der Waals surface area contributed by atoms with E-state index in [2.05, 4.69) is 20.9 Å². The molecule has 4 nitrogen and oxygen atoms in total. The molecule has 1 unspecified atom stereocenters. The molecule has 2 heterocycles. The summed E-state index contributed by atoms with van der Waals surface area (Å²) in [6.45, 7) is 0.745. The molecular formula is C14H13BrN2O2. The molecule has 1 saturated heterocycles. The van der Waals surface area contributed by atoms with E-state index in [-0.39, 0.29) is 5.91 Å². The van der Waals surface area contributed by atoms with Gasteiger partial charge in [0.05, 0.1) is 11.9 Å². The third-order valence-electron chi connectivity index (χ3n) is 3.32. The number of para-hydroxylation sites is 1. The smallest absolute Gasteiger partial charge is 0.227 e. The van der Waals surface area contributed by atoms with Crippen molar-refractivity contribution < 1.29 is 9.21 Å². The van der Waals surface area contributed by atoms with Crippen molar-refractivity contribution in [2.45, 2.75) is 6.42 Å². The number of hydrogen-bond acceptors (Lipinski definition) is 3. The number of nitrogens with zero attached hydrogens (tertiary/aromatic N) is 2. The summed E-state index contributed by atoms with van der Waals surface area (Å²) in [5.74, 6) is 1.22. The van der Waals surface area contributed by atoms with E-state index < -0.39 is 0 Å². The molecule has 1 fully saturated rings. The van der Waals surface area contributed by atoms with Gasteiger partial charge >= 0.3 is 0 Å². The minimum atomic E-state index is 0.163. The number of halogens is 1. The highest BCUT2D eigenvalue weighted by atomic mass is 79.9. The Morgan fingerprint density at radius 1 is 1.42 bits per heavy atom. The number of hydrogen-bond donors (Lipinski definition) is 0. The maximum absolute atomic E-state index is 12.1. The van der Waals surface area contributed by atoms with Gasteiger partial charge in [-0.15, -0.1) is 0 Å². The number of amides is 1. The van der Waals surface area contributed by atoms with E-state index in [0.717, 1.165) is 23.1 Å². The van der Waals surface area contributed by atoms with Crippen molar-refractivity contribution in [2.75, 3.05) is 16.8 Å². The molecule has 1 amide bonds. The lowest BCUT2D eigenvalue weighted by atomic mass is 10.1. The Morgan fingerprint density at radius 3 is 2.95 bits per heavy atom. The highest BCUT2D eigenvalue weighted by Gasteiger charge is 2.31. The molecule has 1 aliphatic heterocycles. The van der Waals surface area contributed by atoms with Crippen LogP contribution in [0.5, 0.6) is 0 Å². The second-order valence-corrected chi connectivity index (χ2v) is 5.26. The Bertz CT molecular complexity index is 583. The van der Waals surface area contributed by atoms with E-state index in [0.29, 0.717) is 18.1 Å². The van der Waals surface area contributed by atoms with Crippen LogP contribution in [0.1, 0.15) is 6.42 Å². The Kier molecular flexibility index (Phi) is 3.38. The summed E-state index contributed by atoms with van der Waals surface area (Å²) < 4.78 is 5.35. The lowest BCUT2D eigenvalue weighted by Crippen LogP contribution is -2.25. The molecule has 0 N–H and O–H groups in total. The molecule has 1 aromatic heterocycles. The molecule has 0 saturated carbocycles. The first-order valence-electron chi connectivity index (χ1n) is 6.14. The molecule has 3 rings (SSSR count). The second-order valence-electron chi connectivity index (χ2n) is 4.61. The highest BCUT2D eigenvalue weighted by Crippen LogP contribution is 2.34. The van der Waals surface area contributed by atoms with Crippen LogP contribution in [0.15, 0.2) is 41.3 Å². The normalized spacial score (nSPS) is 19.1. The molecule has 0 spiro atoms. The first kappa shape index (κ1) is 12.4. The zero-order valence-corrected chi connectivity index (χ0v) is 11.8. The summed E-state index contributed by atoms with van der Waals surface area (Å²) in [6.07, 6.45) is 3.66. The van der Waals surface area contributed by atoms with E-state index in [9.17, 15) is 4.79 Å². The fraction of sp³-hybridized carbons (Fsp3) is 0.286. The van der Waals surface area contributed by atoms with Crippen LogP contribution in [0.2, 0.25) is 0 Å². The Labute approximate surface area is 119 Å². The first-order valence-corrected chi connectivity index (χ1v) is 7.26. The third-order valence-corrected chi connectivity index (χ3v) is 4.23. The standard InChI is InChI=1S/C14H13BrN2O2/c15-6-10-5-14(18)17(8-10)12-4-2-1-3-11(12)13-7-16-9-19-13/h1-4,7,9-10H,5-6,8H2. The van der Waals surface area contributed by atoms with Crippen molar-refractivity contribution >= 4 is 27.5 Å². The predicted molar refractivity (Wildman–Crippen MR) is 76.2 cm³/mol. The van der Waals surface area contributed by atoms with Gasteiger partial charge in [0.2, 0.25) is 5.91 Å². The maximum Gasteiger partial charge on any atom is 0.227 e. The quantitative estimate of drug-likeness (QED) is 0.816. The summed E-state index contributed by atoms with van der Waals surface area (Å²) in [6, 6.07) is 7.77. The summed E-state index contributed by atoms with van der Waals surface area (Å²) in [4.78, 5) is 17.9. The van der Waals surface area contributed by atoms with Gasteiger partial charge in [-0.1, -0.05) is 28.1 Å². The number of carbonyl (C=O) groups excluding carboxylic acids is 1. The molecule has 1 aromatic carbocycles. The van der Waals surface area contributed by atoms with Gasteiger partial charge in [0, 0.05) is 23.9 Å². The van der Waals surface area contributed by atoms with Crippen molar-refractivity contribution in [3.8, 4) is 11.3 Å². The van der Waals surface area contributed by atoms with Gasteiger partial charge in [-0.25, -0.2) is 4.98 Å². The second kappa shape index (κ2) is 5.17. The van der Waals surface area contributed by atoms with Crippen LogP contribution in [0.3, 0.4) is 0 Å². The van der Waals surface area contributed by atoms with E-state index in [1.807, 2.05) is 29.2 Å². The summed E-state index contributed by atoms with van der Waals surface area (Å²) >= 11 is 3.45. The fourth-order valence-electron chi connectivity index (χ4n) is 2.38. The van der Waals surface area contributed by atoms with Gasteiger partial charge in [0.25, 0.3) is 0 Å². The van der Waals surface area contributed by atoms with E-state index in [1.54, 1.807) is 6.20 Å². The van der Waals surface area contributed by atoms with Gasteiger partial charge in [0.1, 0.15) is 0 Å². The van der Waals surface area contributed by atoms with E-state index in [4.69, 9.17) is 4.42 Å². The monoisotopic (exact) mass is 320 g/mol. The van der Waals surface area contributed by atoms with Gasteiger partial charge in [-0.05, 0) is 18.1 Å². The van der Waals surface area contributed by atoms with Crippen molar-refractivity contribution in [1.82, 2.24) is 4.98 Å². The van der Waals surface area contributed by atoms with Crippen molar-refractivity contribution in [3.63, 3.8) is 0 Å². The molecule has 19 heavy (non-hydrogen) atoms. The van der Waals surface area contributed by atoms with Gasteiger partial charge in [0.15, 0.2) is 12.2 Å². The Morgan fingerprint density at radius 2 is 2.26 bits per heavy atom. The van der Waals surface area contributed by atoms with Crippen molar-refractivity contribution in [1.29, 1.82) is 0 Å². The molecule has 98 valence electrons. The number of aromatic nitrogens is 1. The summed E-state index contributed by atoms with van der Waals surface area (Å²) in [5.41, 5.74) is 1.80. The zero-order valence-electron chi connectivity index (χ0n) is 10.3. The number of benzene rings is 1. The average molecular weight is 321 g/mol. The number of carbonyl (C=O) groups is 1. The number of oxazole rings is 1. The van der Waals surface area contributed by atoms with Crippen LogP contribution in [-0.4, -0.2) is 22.8 Å². The maximum atomic E-state index is 12.1. The zero-order chi connectivity index (χ0) is 13.2. The fourth-order valence-corrected chi connectivity index (χ4v) is 2.82. The minimum Gasteiger partial charge on any atom is -0.443 e. The summed E-state index contributed by atoms with van der Waals surface area (Å²) in [5, 5.41) is 0.847. The van der Waals surface area contributed by atoms with Gasteiger partial charge in [-0.3, -0.25) is 4.79 Å². The van der Waals surface area contributed by atoms with Crippen LogP contribution in [0, 0.1) is 5.92 Å². The predicted octanol–water partition coefficient (Wildman–Crippen LogP) is 3.09. The van der Waals surface area contributed by atoms with Crippen LogP contribution < -0.4 is 4.90 Å². The molecule has 0 aliphatic carbocycles. The topological polar surface area (TPSA) is 46.3 Å². The SMILES string of the molecule is O=C1CC(CBr)CN1c1ccccc1-c1cnco1. The summed E-state index contributed by atoms with van der Waals surface area (Å²) in [7, 11) is 0. The molecule has 0 radical (unpaired) electrons. The van der Waals surface area contributed by atoms with E-state index in [1.165, 1.54) is 6.39 Å². The third kappa shape index (κ3) is 2.30. The first-order chi connectivity index (χ1) is 9.29. The molecule has 5 heteroatoms. The van der Waals surface area contributed by atoms with Crippen molar-refractivity contribution in [2.24, 2.45) is 5.92 Å². The van der Waals surface area contributed by atoms with Crippen LogP contribution in [0.4, 0.5) is 5.69 Å². The Balaban J connectivity index is 2.00. The number of anilines is 1. The van der Waals surface area contributed by atoms with Crippen molar-refractivity contribution in [3.05, 3.63) is 36.9 Å². The van der Waals surface area contributed by atoms with Gasteiger partial charge in [-0.2, -0.15) is 0 Å². The lowest BCUT2D eigenvalue weighted by Gasteiger charge is -2.19. The molecule has 0 bridgehead atoms. The van der Waals surface area contributed by atoms with Crippen LogP contribution >= 0.6 is 15.9 Å². The highest BCUT2D eigenvalue weighted by molar-refractivity contribution is 9.09. The molecule has 1 aliphatic rings. The number of alkyl halides is 1. The molecule has 1 atom stereocenters. The van der Waals surface area contributed by atoms with Gasteiger partial charge < -0.3 is 9.32 Å². The molecule has 2 aromatic rings. The van der Waals surface area contributed by atoms with Crippen LogP contribution in [-0.2, 0) is 4.79 Å². The minimum absolute atomic E-state index is 0.163. The number of rotatable bonds is 3. The average Bonchev–Trinajstić information content (AvgIpc) is 3.08. The Hall–Kier alpha value is -1.62. The van der Waals surface area contributed by atoms with E-state index >= 15 is 0 Å². The molecular weight excluding hydrogens is 308 g/mol. The largest absolute Gasteiger partial charge is 0.443 e.